The fourth-order valence-electron chi connectivity index (χ4n) is 1.04. The van der Waals surface area contributed by atoms with E-state index in [9.17, 15) is 4.39 Å². The molecule has 0 fully saturated rings. The summed E-state index contributed by atoms with van der Waals surface area (Å²) in [5.41, 5.74) is 0.868. The highest BCUT2D eigenvalue weighted by Crippen LogP contribution is 2.25. The van der Waals surface area contributed by atoms with Crippen LogP contribution < -0.4 is 0 Å². The van der Waals surface area contributed by atoms with Crippen LogP contribution in [-0.4, -0.2) is 18.4 Å². The third-order valence-corrected chi connectivity index (χ3v) is 2.52. The minimum Gasteiger partial charge on any atom is -0.253 e. The normalized spacial score (nSPS) is 10.2. The van der Waals surface area contributed by atoms with Gasteiger partial charge in [0.1, 0.15) is 5.82 Å². The number of nitriles is 1. The summed E-state index contributed by atoms with van der Waals surface area (Å²) in [5.74, 6) is -0.268. The van der Waals surface area contributed by atoms with Gasteiger partial charge in [0.25, 0.3) is 0 Å². The van der Waals surface area contributed by atoms with E-state index in [-0.39, 0.29) is 5.82 Å². The fraction of sp³-hybridized carbons (Fsp3) is 0.300. The van der Waals surface area contributed by atoms with E-state index in [0.717, 1.165) is 10.5 Å². The SMILES string of the molecule is CN(C)Sc1cc(F)ccc1CC#N. The van der Waals surface area contributed by atoms with Gasteiger partial charge in [0.2, 0.25) is 0 Å². The Morgan fingerprint density at radius 2 is 2.21 bits per heavy atom. The van der Waals surface area contributed by atoms with Crippen molar-refractivity contribution in [1.29, 1.82) is 5.26 Å². The Morgan fingerprint density at radius 3 is 2.79 bits per heavy atom. The zero-order valence-corrected chi connectivity index (χ0v) is 8.94. The monoisotopic (exact) mass is 210 g/mol. The second kappa shape index (κ2) is 4.99. The van der Waals surface area contributed by atoms with Crippen molar-refractivity contribution in [2.75, 3.05) is 14.1 Å². The van der Waals surface area contributed by atoms with E-state index in [0.29, 0.717) is 6.42 Å². The summed E-state index contributed by atoms with van der Waals surface area (Å²) in [6.45, 7) is 0. The van der Waals surface area contributed by atoms with Crippen LogP contribution in [0.2, 0.25) is 0 Å². The Balaban J connectivity index is 2.97. The lowest BCUT2D eigenvalue weighted by molar-refractivity contribution is 0.622. The van der Waals surface area contributed by atoms with Gasteiger partial charge < -0.3 is 0 Å². The highest BCUT2D eigenvalue weighted by Gasteiger charge is 2.05. The average Bonchev–Trinajstić information content (AvgIpc) is 2.09. The second-order valence-corrected chi connectivity index (χ2v) is 4.34. The Bertz CT molecular complexity index is 358. The van der Waals surface area contributed by atoms with Crippen molar-refractivity contribution in [3.8, 4) is 6.07 Å². The van der Waals surface area contributed by atoms with E-state index in [2.05, 4.69) is 6.07 Å². The Labute approximate surface area is 87.5 Å². The minimum absolute atomic E-state index is 0.268. The molecular formula is C10H11FN2S. The van der Waals surface area contributed by atoms with Crippen molar-refractivity contribution in [2.24, 2.45) is 0 Å². The minimum atomic E-state index is -0.268. The Kier molecular flexibility index (Phi) is 3.93. The summed E-state index contributed by atoms with van der Waals surface area (Å²) in [4.78, 5) is 0.802. The fourth-order valence-corrected chi connectivity index (χ4v) is 1.86. The molecule has 14 heavy (non-hydrogen) atoms. The summed E-state index contributed by atoms with van der Waals surface area (Å²) >= 11 is 1.42. The molecular weight excluding hydrogens is 199 g/mol. The molecule has 74 valence electrons. The topological polar surface area (TPSA) is 27.0 Å². The van der Waals surface area contributed by atoms with Crippen molar-refractivity contribution >= 4 is 11.9 Å². The van der Waals surface area contributed by atoms with E-state index < -0.39 is 0 Å². The van der Waals surface area contributed by atoms with Gasteiger partial charge in [0.05, 0.1) is 12.5 Å². The van der Waals surface area contributed by atoms with E-state index in [1.807, 2.05) is 18.4 Å². The van der Waals surface area contributed by atoms with Crippen molar-refractivity contribution < 1.29 is 4.39 Å². The van der Waals surface area contributed by atoms with Crippen molar-refractivity contribution in [2.45, 2.75) is 11.3 Å². The molecule has 0 aromatic heterocycles. The Morgan fingerprint density at radius 1 is 1.50 bits per heavy atom. The number of hydrogen-bond donors (Lipinski definition) is 0. The first kappa shape index (κ1) is 11.0. The molecule has 0 aliphatic carbocycles. The number of benzene rings is 1. The third-order valence-electron chi connectivity index (χ3n) is 1.58. The maximum atomic E-state index is 12.9. The van der Waals surface area contributed by atoms with Crippen molar-refractivity contribution in [3.05, 3.63) is 29.6 Å². The molecule has 0 saturated heterocycles. The van der Waals surface area contributed by atoms with Crippen molar-refractivity contribution in [3.63, 3.8) is 0 Å². The maximum Gasteiger partial charge on any atom is 0.124 e. The van der Waals surface area contributed by atoms with Crippen LogP contribution in [0.3, 0.4) is 0 Å². The van der Waals surface area contributed by atoms with Crippen molar-refractivity contribution in [1.82, 2.24) is 4.31 Å². The van der Waals surface area contributed by atoms with Gasteiger partial charge in [-0.15, -0.1) is 0 Å². The van der Waals surface area contributed by atoms with Crippen LogP contribution in [0.5, 0.6) is 0 Å². The van der Waals surface area contributed by atoms with E-state index >= 15 is 0 Å². The molecule has 4 heteroatoms. The first-order valence-corrected chi connectivity index (χ1v) is 4.91. The van der Waals surface area contributed by atoms with Gasteiger partial charge in [-0.05, 0) is 43.7 Å². The molecule has 0 aliphatic heterocycles. The van der Waals surface area contributed by atoms with E-state index in [4.69, 9.17) is 5.26 Å². The Hall–Kier alpha value is -1.05. The first-order valence-electron chi connectivity index (χ1n) is 4.14. The predicted octanol–water partition coefficient (Wildman–Crippen LogP) is 2.46. The predicted molar refractivity (Wildman–Crippen MR) is 55.3 cm³/mol. The summed E-state index contributed by atoms with van der Waals surface area (Å²) in [6, 6.07) is 6.56. The highest BCUT2D eigenvalue weighted by molar-refractivity contribution is 7.97. The average molecular weight is 210 g/mol. The maximum absolute atomic E-state index is 12.9. The molecule has 1 aromatic carbocycles. The highest BCUT2D eigenvalue weighted by atomic mass is 32.2. The molecule has 0 N–H and O–H groups in total. The zero-order valence-electron chi connectivity index (χ0n) is 8.12. The smallest absolute Gasteiger partial charge is 0.124 e. The lowest BCUT2D eigenvalue weighted by Gasteiger charge is -2.11. The van der Waals surface area contributed by atoms with Gasteiger partial charge in [0, 0.05) is 4.90 Å². The molecule has 0 heterocycles. The number of rotatable bonds is 3. The van der Waals surface area contributed by atoms with Crippen LogP contribution in [0.15, 0.2) is 23.1 Å². The lowest BCUT2D eigenvalue weighted by atomic mass is 10.2. The first-order chi connectivity index (χ1) is 6.63. The van der Waals surface area contributed by atoms with Gasteiger partial charge in [-0.1, -0.05) is 6.07 Å². The molecule has 0 saturated carbocycles. The molecule has 0 bridgehead atoms. The largest absolute Gasteiger partial charge is 0.253 e. The standard InChI is InChI=1S/C10H11FN2S/c1-13(2)14-10-7-9(11)4-3-8(10)5-6-12/h3-4,7H,5H2,1-2H3. The van der Waals surface area contributed by atoms with Crippen LogP contribution in [0.1, 0.15) is 5.56 Å². The zero-order chi connectivity index (χ0) is 10.6. The van der Waals surface area contributed by atoms with Gasteiger partial charge in [-0.2, -0.15) is 5.26 Å². The van der Waals surface area contributed by atoms with Crippen LogP contribution in [0.4, 0.5) is 4.39 Å². The molecule has 1 aromatic rings. The second-order valence-electron chi connectivity index (χ2n) is 2.99. The number of nitrogens with zero attached hydrogens (tertiary/aromatic N) is 2. The molecule has 1 rings (SSSR count). The molecule has 2 nitrogen and oxygen atoms in total. The third kappa shape index (κ3) is 3.02. The summed E-state index contributed by atoms with van der Waals surface area (Å²) in [5, 5.41) is 8.58. The van der Waals surface area contributed by atoms with Gasteiger partial charge in [0.15, 0.2) is 0 Å². The van der Waals surface area contributed by atoms with E-state index in [1.165, 1.54) is 24.1 Å². The van der Waals surface area contributed by atoms with Gasteiger partial charge in [-0.3, -0.25) is 4.31 Å². The molecule has 0 radical (unpaired) electrons. The van der Waals surface area contributed by atoms with E-state index in [1.54, 1.807) is 6.07 Å². The molecule has 0 unspecified atom stereocenters. The van der Waals surface area contributed by atoms with Crippen LogP contribution in [0, 0.1) is 17.1 Å². The summed E-state index contributed by atoms with van der Waals surface area (Å²) in [6.07, 6.45) is 0.316. The number of hydrogen-bond acceptors (Lipinski definition) is 3. The lowest BCUT2D eigenvalue weighted by Crippen LogP contribution is -2.01. The van der Waals surface area contributed by atoms with Crippen LogP contribution in [-0.2, 0) is 6.42 Å². The van der Waals surface area contributed by atoms with Gasteiger partial charge >= 0.3 is 0 Å². The molecule has 0 atom stereocenters. The summed E-state index contributed by atoms with van der Waals surface area (Å²) in [7, 11) is 3.76. The van der Waals surface area contributed by atoms with Crippen LogP contribution >= 0.6 is 11.9 Å². The van der Waals surface area contributed by atoms with Crippen LogP contribution in [0.25, 0.3) is 0 Å². The molecule has 0 aliphatic rings. The molecule has 0 amide bonds. The molecule has 0 spiro atoms. The number of halogens is 1. The van der Waals surface area contributed by atoms with Gasteiger partial charge in [-0.25, -0.2) is 4.39 Å². The summed E-state index contributed by atoms with van der Waals surface area (Å²) < 4.78 is 14.8. The quantitative estimate of drug-likeness (QED) is 0.717.